The van der Waals surface area contributed by atoms with Crippen LogP contribution >= 0.6 is 0 Å². The first kappa shape index (κ1) is 15.3. The lowest BCUT2D eigenvalue weighted by Crippen LogP contribution is -2.48. The first-order valence-corrected chi connectivity index (χ1v) is 7.87. The number of ether oxygens (including phenoxy) is 1. The monoisotopic (exact) mass is 276 g/mol. The van der Waals surface area contributed by atoms with Crippen molar-refractivity contribution in [3.8, 4) is 0 Å². The Morgan fingerprint density at radius 3 is 2.60 bits per heavy atom. The van der Waals surface area contributed by atoms with Crippen molar-refractivity contribution in [3.63, 3.8) is 0 Å². The first-order chi connectivity index (χ1) is 9.65. The molecule has 1 aromatic carbocycles. The van der Waals surface area contributed by atoms with E-state index in [-0.39, 0.29) is 0 Å². The fraction of sp³-hybridized carbons (Fsp3) is 0.647. The second-order valence-electron chi connectivity index (χ2n) is 5.73. The van der Waals surface area contributed by atoms with Gasteiger partial charge in [-0.15, -0.1) is 0 Å². The molecular weight excluding hydrogens is 248 g/mol. The van der Waals surface area contributed by atoms with Crippen LogP contribution in [0.2, 0.25) is 0 Å². The Morgan fingerprint density at radius 1 is 1.30 bits per heavy atom. The predicted molar refractivity (Wildman–Crippen MR) is 85.4 cm³/mol. The molecule has 0 aromatic heterocycles. The summed E-state index contributed by atoms with van der Waals surface area (Å²) < 4.78 is 5.78. The molecule has 2 rings (SSSR count). The topological polar surface area (TPSA) is 24.5 Å². The maximum atomic E-state index is 5.78. The minimum Gasteiger partial charge on any atom is -0.375 e. The summed E-state index contributed by atoms with van der Waals surface area (Å²) in [5, 5.41) is 3.45. The number of benzene rings is 1. The number of anilines is 1. The molecule has 112 valence electrons. The van der Waals surface area contributed by atoms with E-state index in [9.17, 15) is 0 Å². The molecule has 1 saturated heterocycles. The van der Waals surface area contributed by atoms with Crippen molar-refractivity contribution >= 4 is 5.69 Å². The molecule has 0 spiro atoms. The lowest BCUT2D eigenvalue weighted by molar-refractivity contribution is 0.0299. The Kier molecular flexibility index (Phi) is 5.44. The second kappa shape index (κ2) is 7.09. The quantitative estimate of drug-likeness (QED) is 0.892. The predicted octanol–water partition coefficient (Wildman–Crippen LogP) is 3.36. The molecule has 3 nitrogen and oxygen atoms in total. The van der Waals surface area contributed by atoms with Crippen LogP contribution in [0.15, 0.2) is 24.3 Å². The maximum absolute atomic E-state index is 5.78. The van der Waals surface area contributed by atoms with Crippen LogP contribution in [0.3, 0.4) is 0 Å². The van der Waals surface area contributed by atoms with Gasteiger partial charge in [-0.3, -0.25) is 0 Å². The van der Waals surface area contributed by atoms with Gasteiger partial charge in [0.25, 0.3) is 0 Å². The highest BCUT2D eigenvalue weighted by atomic mass is 16.5. The highest BCUT2D eigenvalue weighted by molar-refractivity contribution is 5.49. The number of hydrogen-bond donors (Lipinski definition) is 1. The molecule has 20 heavy (non-hydrogen) atoms. The van der Waals surface area contributed by atoms with Gasteiger partial charge in [0.15, 0.2) is 0 Å². The molecule has 0 radical (unpaired) electrons. The standard InChI is InChI=1S/C17H28N2O/c1-5-16-12-20-13(3)11-19(16)17-9-7-15(8-10-17)14(4)18-6-2/h7-10,13-14,16,18H,5-6,11-12H2,1-4H3. The highest BCUT2D eigenvalue weighted by Crippen LogP contribution is 2.25. The Bertz CT molecular complexity index is 404. The van der Waals surface area contributed by atoms with E-state index in [1.807, 2.05) is 0 Å². The summed E-state index contributed by atoms with van der Waals surface area (Å²) in [4.78, 5) is 2.50. The molecule has 1 fully saturated rings. The molecule has 0 aliphatic carbocycles. The average Bonchev–Trinajstić information content (AvgIpc) is 2.47. The number of nitrogens with one attached hydrogen (secondary N) is 1. The lowest BCUT2D eigenvalue weighted by Gasteiger charge is -2.40. The third-order valence-electron chi connectivity index (χ3n) is 4.17. The normalized spacial score (nSPS) is 24.7. The van der Waals surface area contributed by atoms with Crippen molar-refractivity contribution in [2.24, 2.45) is 0 Å². The lowest BCUT2D eigenvalue weighted by atomic mass is 10.1. The van der Waals surface area contributed by atoms with E-state index in [2.05, 4.69) is 62.2 Å². The van der Waals surface area contributed by atoms with E-state index in [4.69, 9.17) is 4.74 Å². The van der Waals surface area contributed by atoms with Crippen molar-refractivity contribution in [3.05, 3.63) is 29.8 Å². The summed E-state index contributed by atoms with van der Waals surface area (Å²) in [7, 11) is 0. The van der Waals surface area contributed by atoms with Crippen LogP contribution in [0.5, 0.6) is 0 Å². The molecule has 1 aliphatic heterocycles. The van der Waals surface area contributed by atoms with Gasteiger partial charge in [0.2, 0.25) is 0 Å². The molecule has 3 unspecified atom stereocenters. The molecule has 1 aliphatic rings. The molecule has 0 amide bonds. The Hall–Kier alpha value is -1.06. The van der Waals surface area contributed by atoms with Crippen LogP contribution in [-0.2, 0) is 4.74 Å². The van der Waals surface area contributed by atoms with Crippen molar-refractivity contribution in [2.75, 3.05) is 24.6 Å². The molecule has 0 saturated carbocycles. The van der Waals surface area contributed by atoms with E-state index in [1.165, 1.54) is 11.3 Å². The summed E-state index contributed by atoms with van der Waals surface area (Å²) in [5.74, 6) is 0. The Labute approximate surface area is 123 Å². The summed E-state index contributed by atoms with van der Waals surface area (Å²) >= 11 is 0. The summed E-state index contributed by atoms with van der Waals surface area (Å²) in [6.45, 7) is 11.6. The van der Waals surface area contributed by atoms with Crippen molar-refractivity contribution < 1.29 is 4.74 Å². The zero-order valence-corrected chi connectivity index (χ0v) is 13.2. The molecule has 3 heteroatoms. The number of rotatable bonds is 5. The van der Waals surface area contributed by atoms with Crippen LogP contribution in [0.25, 0.3) is 0 Å². The Morgan fingerprint density at radius 2 is 2.00 bits per heavy atom. The van der Waals surface area contributed by atoms with Gasteiger partial charge in [-0.2, -0.15) is 0 Å². The van der Waals surface area contributed by atoms with E-state index < -0.39 is 0 Å². The van der Waals surface area contributed by atoms with E-state index >= 15 is 0 Å². The van der Waals surface area contributed by atoms with Crippen LogP contribution < -0.4 is 10.2 Å². The number of morpholine rings is 1. The molecule has 0 bridgehead atoms. The van der Waals surface area contributed by atoms with Gasteiger partial charge < -0.3 is 15.0 Å². The summed E-state index contributed by atoms with van der Waals surface area (Å²) in [5.41, 5.74) is 2.67. The van der Waals surface area contributed by atoms with Gasteiger partial charge in [-0.25, -0.2) is 0 Å². The molecular formula is C17H28N2O. The zero-order chi connectivity index (χ0) is 14.5. The third-order valence-corrected chi connectivity index (χ3v) is 4.17. The number of hydrogen-bond acceptors (Lipinski definition) is 3. The molecule has 1 aromatic rings. The SMILES string of the molecule is CCNC(C)c1ccc(N2CC(C)OCC2CC)cc1. The Balaban J connectivity index is 2.11. The van der Waals surface area contributed by atoms with Gasteiger partial charge in [0, 0.05) is 18.3 Å². The van der Waals surface area contributed by atoms with Crippen LogP contribution in [0.1, 0.15) is 45.7 Å². The first-order valence-electron chi connectivity index (χ1n) is 7.87. The minimum atomic E-state index is 0.318. The van der Waals surface area contributed by atoms with Gasteiger partial charge in [-0.05, 0) is 44.5 Å². The fourth-order valence-corrected chi connectivity index (χ4v) is 2.88. The van der Waals surface area contributed by atoms with Gasteiger partial charge >= 0.3 is 0 Å². The van der Waals surface area contributed by atoms with Crippen LogP contribution in [-0.4, -0.2) is 31.8 Å². The third kappa shape index (κ3) is 3.53. The molecule has 3 atom stereocenters. The fourth-order valence-electron chi connectivity index (χ4n) is 2.88. The van der Waals surface area contributed by atoms with Crippen LogP contribution in [0, 0.1) is 0 Å². The zero-order valence-electron chi connectivity index (χ0n) is 13.2. The van der Waals surface area contributed by atoms with Gasteiger partial charge in [-0.1, -0.05) is 26.0 Å². The smallest absolute Gasteiger partial charge is 0.0723 e. The van der Waals surface area contributed by atoms with Crippen molar-refractivity contribution in [1.29, 1.82) is 0 Å². The van der Waals surface area contributed by atoms with Gasteiger partial charge in [0.1, 0.15) is 0 Å². The minimum absolute atomic E-state index is 0.318. The second-order valence-corrected chi connectivity index (χ2v) is 5.73. The largest absolute Gasteiger partial charge is 0.375 e. The van der Waals surface area contributed by atoms with E-state index in [0.29, 0.717) is 18.2 Å². The van der Waals surface area contributed by atoms with Crippen LogP contribution in [0.4, 0.5) is 5.69 Å². The van der Waals surface area contributed by atoms with E-state index in [0.717, 1.165) is 26.1 Å². The number of nitrogens with zero attached hydrogens (tertiary/aromatic N) is 1. The molecule has 1 heterocycles. The van der Waals surface area contributed by atoms with E-state index in [1.54, 1.807) is 0 Å². The average molecular weight is 276 g/mol. The van der Waals surface area contributed by atoms with Crippen molar-refractivity contribution in [2.45, 2.75) is 52.3 Å². The molecule has 1 N–H and O–H groups in total. The van der Waals surface area contributed by atoms with Gasteiger partial charge in [0.05, 0.1) is 18.8 Å². The maximum Gasteiger partial charge on any atom is 0.0723 e. The summed E-state index contributed by atoms with van der Waals surface area (Å²) in [6.07, 6.45) is 1.44. The van der Waals surface area contributed by atoms with Crippen molar-refractivity contribution in [1.82, 2.24) is 5.32 Å². The highest BCUT2D eigenvalue weighted by Gasteiger charge is 2.25. The summed E-state index contributed by atoms with van der Waals surface area (Å²) in [6, 6.07) is 9.92.